The Kier molecular flexibility index (Phi) is 7.81. The maximum atomic E-state index is 9.80. The van der Waals surface area contributed by atoms with Gasteiger partial charge < -0.3 is 10.1 Å². The van der Waals surface area contributed by atoms with Crippen molar-refractivity contribution in [2.24, 2.45) is 0 Å². The van der Waals surface area contributed by atoms with Crippen molar-refractivity contribution in [3.05, 3.63) is 73.4 Å². The Morgan fingerprint density at radius 2 is 1.96 bits per heavy atom. The average molecular weight is 484 g/mol. The third-order valence-corrected chi connectivity index (χ3v) is 2.86. The van der Waals surface area contributed by atoms with E-state index in [1.165, 1.54) is 12.3 Å². The van der Waals surface area contributed by atoms with Crippen molar-refractivity contribution < 1.29 is 30.0 Å². The third-order valence-electron chi connectivity index (χ3n) is 2.86. The van der Waals surface area contributed by atoms with E-state index >= 15 is 0 Å². The first-order chi connectivity index (χ1) is 10.7. The molecule has 3 aromatic rings. The number of aromatic nitrogens is 2. The maximum absolute atomic E-state index is 9.80. The van der Waals surface area contributed by atoms with E-state index < -0.39 is 0 Å². The minimum Gasteiger partial charge on any atom is -0.515 e. The molecule has 0 unspecified atom stereocenters. The summed E-state index contributed by atoms with van der Waals surface area (Å²) in [5.74, 6) is -0.141. The summed E-state index contributed by atoms with van der Waals surface area (Å²) >= 11 is 0. The summed E-state index contributed by atoms with van der Waals surface area (Å²) in [6.45, 7) is 1.37. The molecule has 4 nitrogen and oxygen atoms in total. The standard InChI is InChI=1S/C14H9N2.C4H6O2.Ir/c1-2-4-13-11(3-1)7-10-16-14(13)12-5-8-15-9-6-12;1-4(6)2-3-5;/h1-5,7-10H;2-3,5H,1H3;/q-1;;/b;3-2-;. The fraction of sp³-hybridized carbons (Fsp3) is 0.0556. The molecule has 2 aromatic heterocycles. The van der Waals surface area contributed by atoms with Gasteiger partial charge in [-0.1, -0.05) is 24.3 Å². The van der Waals surface area contributed by atoms with Crippen LogP contribution in [0.5, 0.6) is 0 Å². The predicted octanol–water partition coefficient (Wildman–Crippen LogP) is 3.74. The molecule has 23 heavy (non-hydrogen) atoms. The average Bonchev–Trinajstić information content (AvgIpc) is 2.55. The number of rotatable bonds is 2. The van der Waals surface area contributed by atoms with Gasteiger partial charge in [0, 0.05) is 32.4 Å². The van der Waals surface area contributed by atoms with Gasteiger partial charge in [-0.05, 0) is 41.9 Å². The molecule has 119 valence electrons. The van der Waals surface area contributed by atoms with Crippen LogP contribution in [0.25, 0.3) is 22.0 Å². The summed E-state index contributed by atoms with van der Waals surface area (Å²) in [6, 6.07) is 15.3. The monoisotopic (exact) mass is 484 g/mol. The zero-order valence-corrected chi connectivity index (χ0v) is 14.8. The van der Waals surface area contributed by atoms with E-state index in [-0.39, 0.29) is 25.9 Å². The number of hydrogen-bond donors (Lipinski definition) is 1. The summed E-state index contributed by atoms with van der Waals surface area (Å²) in [4.78, 5) is 18.2. The Hall–Kier alpha value is -2.36. The number of aliphatic hydroxyl groups excluding tert-OH is 1. The molecule has 5 heteroatoms. The summed E-state index contributed by atoms with van der Waals surface area (Å²) in [6.07, 6.45) is 7.06. The molecular formula is C18H15IrN2O2-. The molecule has 0 spiro atoms. The van der Waals surface area contributed by atoms with Gasteiger partial charge in [0.25, 0.3) is 0 Å². The molecule has 0 fully saturated rings. The Balaban J connectivity index is 0.000000330. The summed E-state index contributed by atoms with van der Waals surface area (Å²) < 4.78 is 0. The molecule has 0 aliphatic rings. The molecule has 1 N–H and O–H groups in total. The maximum Gasteiger partial charge on any atom is 0.155 e. The molecule has 0 saturated carbocycles. The zero-order chi connectivity index (χ0) is 15.8. The van der Waals surface area contributed by atoms with Gasteiger partial charge in [0.05, 0.1) is 6.26 Å². The van der Waals surface area contributed by atoms with E-state index in [1.807, 2.05) is 30.5 Å². The number of nitrogens with zero attached hydrogens (tertiary/aromatic N) is 2. The molecule has 0 atom stereocenters. The van der Waals surface area contributed by atoms with Crippen LogP contribution in [0.1, 0.15) is 6.92 Å². The minimum atomic E-state index is -0.141. The van der Waals surface area contributed by atoms with Crippen LogP contribution in [-0.4, -0.2) is 20.9 Å². The first kappa shape index (κ1) is 18.7. The quantitative estimate of drug-likeness (QED) is 0.343. The second kappa shape index (κ2) is 9.61. The summed E-state index contributed by atoms with van der Waals surface area (Å²) in [7, 11) is 0. The van der Waals surface area contributed by atoms with Crippen LogP contribution in [0.15, 0.2) is 67.3 Å². The summed E-state index contributed by atoms with van der Waals surface area (Å²) in [5, 5.41) is 10.2. The second-order valence-electron chi connectivity index (χ2n) is 4.46. The molecule has 0 aliphatic heterocycles. The van der Waals surface area contributed by atoms with E-state index in [0.717, 1.165) is 29.0 Å². The van der Waals surface area contributed by atoms with Gasteiger partial charge in [-0.15, -0.1) is 6.07 Å². The largest absolute Gasteiger partial charge is 0.515 e. The predicted molar refractivity (Wildman–Crippen MR) is 86.3 cm³/mol. The van der Waals surface area contributed by atoms with Crippen LogP contribution in [0.3, 0.4) is 0 Å². The number of ketones is 1. The second-order valence-corrected chi connectivity index (χ2v) is 4.46. The molecule has 0 amide bonds. The summed E-state index contributed by atoms with van der Waals surface area (Å²) in [5.41, 5.74) is 1.94. The molecule has 2 heterocycles. The van der Waals surface area contributed by atoms with Crippen LogP contribution < -0.4 is 0 Å². The first-order valence-corrected chi connectivity index (χ1v) is 6.69. The zero-order valence-electron chi connectivity index (χ0n) is 12.4. The first-order valence-electron chi connectivity index (χ1n) is 6.69. The molecule has 0 saturated heterocycles. The van der Waals surface area contributed by atoms with Crippen molar-refractivity contribution in [2.45, 2.75) is 6.92 Å². The van der Waals surface area contributed by atoms with E-state index in [1.54, 1.807) is 12.4 Å². The fourth-order valence-electron chi connectivity index (χ4n) is 1.90. The van der Waals surface area contributed by atoms with Crippen LogP contribution in [-0.2, 0) is 24.9 Å². The third kappa shape index (κ3) is 5.40. The van der Waals surface area contributed by atoms with Crippen molar-refractivity contribution in [3.63, 3.8) is 0 Å². The van der Waals surface area contributed by atoms with Crippen molar-refractivity contribution >= 4 is 16.6 Å². The minimum absolute atomic E-state index is 0. The number of benzene rings is 1. The van der Waals surface area contributed by atoms with E-state index in [2.05, 4.69) is 28.2 Å². The molecule has 1 radical (unpaired) electrons. The van der Waals surface area contributed by atoms with Crippen molar-refractivity contribution in [3.8, 4) is 11.3 Å². The number of carbonyl (C=O) groups excluding carboxylic acids is 1. The molecule has 1 aromatic carbocycles. The van der Waals surface area contributed by atoms with Gasteiger partial charge >= 0.3 is 0 Å². The van der Waals surface area contributed by atoms with E-state index in [0.29, 0.717) is 0 Å². The normalized spacial score (nSPS) is 9.78. The topological polar surface area (TPSA) is 63.1 Å². The van der Waals surface area contributed by atoms with Crippen molar-refractivity contribution in [1.82, 2.24) is 9.97 Å². The van der Waals surface area contributed by atoms with E-state index in [4.69, 9.17) is 5.11 Å². The van der Waals surface area contributed by atoms with Gasteiger partial charge in [0.1, 0.15) is 0 Å². The number of fused-ring (bicyclic) bond motifs is 1. The smallest absolute Gasteiger partial charge is 0.155 e. The Morgan fingerprint density at radius 1 is 1.17 bits per heavy atom. The molecular weight excluding hydrogens is 468 g/mol. The van der Waals surface area contributed by atoms with Crippen LogP contribution >= 0.6 is 0 Å². The number of allylic oxidation sites excluding steroid dienone is 1. The van der Waals surface area contributed by atoms with Crippen molar-refractivity contribution in [1.29, 1.82) is 0 Å². The Bertz CT molecular complexity index is 784. The van der Waals surface area contributed by atoms with Gasteiger partial charge in [0.15, 0.2) is 5.78 Å². The number of carbonyl (C=O) groups is 1. The van der Waals surface area contributed by atoms with Gasteiger partial charge in [-0.25, -0.2) is 0 Å². The van der Waals surface area contributed by atoms with E-state index in [9.17, 15) is 4.79 Å². The van der Waals surface area contributed by atoms with Crippen LogP contribution in [0, 0.1) is 6.07 Å². The number of hydrogen-bond acceptors (Lipinski definition) is 4. The molecule has 3 rings (SSSR count). The fourth-order valence-corrected chi connectivity index (χ4v) is 1.90. The molecule has 0 aliphatic carbocycles. The SMILES string of the molecule is CC(=O)/C=C\O.[Ir].[c-]1cnccc1-c1nccc2ccccc12. The van der Waals surface area contributed by atoms with Gasteiger partial charge in [0.2, 0.25) is 0 Å². The van der Waals surface area contributed by atoms with Crippen molar-refractivity contribution in [2.75, 3.05) is 0 Å². The Morgan fingerprint density at radius 3 is 2.57 bits per heavy atom. The number of pyridine rings is 2. The van der Waals surface area contributed by atoms with Crippen LogP contribution in [0.2, 0.25) is 0 Å². The van der Waals surface area contributed by atoms with Crippen LogP contribution in [0.4, 0.5) is 0 Å². The Labute approximate surface area is 148 Å². The van der Waals surface area contributed by atoms with Gasteiger partial charge in [-0.2, -0.15) is 11.6 Å². The number of aliphatic hydroxyl groups is 1. The molecule has 0 bridgehead atoms. The van der Waals surface area contributed by atoms with Gasteiger partial charge in [-0.3, -0.25) is 9.78 Å².